The summed E-state index contributed by atoms with van der Waals surface area (Å²) in [5, 5.41) is 12.2. The highest BCUT2D eigenvalue weighted by atomic mass is 19.4. The van der Waals surface area contributed by atoms with Crippen LogP contribution in [0.2, 0.25) is 0 Å². The van der Waals surface area contributed by atoms with Gasteiger partial charge in [0.2, 0.25) is 0 Å². The van der Waals surface area contributed by atoms with Crippen LogP contribution in [0.5, 0.6) is 0 Å². The molecule has 1 fully saturated rings. The minimum Gasteiger partial charge on any atom is -0.477 e. The molecule has 9 heteroatoms. The first-order valence-corrected chi connectivity index (χ1v) is 5.44. The Balaban J connectivity index is 2.24. The zero-order valence-corrected chi connectivity index (χ0v) is 9.35. The molecule has 1 aliphatic rings. The third-order valence-electron chi connectivity index (χ3n) is 2.80. The highest BCUT2D eigenvalue weighted by Crippen LogP contribution is 2.39. The van der Waals surface area contributed by atoms with Crippen molar-refractivity contribution in [2.45, 2.75) is 24.9 Å². The van der Waals surface area contributed by atoms with Gasteiger partial charge in [0.15, 0.2) is 5.69 Å². The molecule has 1 N–H and O–H groups in total. The van der Waals surface area contributed by atoms with Gasteiger partial charge in [0.1, 0.15) is 0 Å². The van der Waals surface area contributed by atoms with Crippen LogP contribution in [0.3, 0.4) is 0 Å². The van der Waals surface area contributed by atoms with E-state index in [0.717, 1.165) is 12.8 Å². The molecular weight excluding hydrogens is 265 g/mol. The molecule has 0 saturated heterocycles. The Labute approximate surface area is 103 Å². The van der Waals surface area contributed by atoms with Crippen LogP contribution in [0.4, 0.5) is 13.2 Å². The molecule has 0 amide bonds. The molecule has 1 aliphatic carbocycles. The Bertz CT molecular complexity index is 675. The Morgan fingerprint density at radius 3 is 2.58 bits per heavy atom. The van der Waals surface area contributed by atoms with Crippen molar-refractivity contribution in [3.8, 4) is 0 Å². The fourth-order valence-corrected chi connectivity index (χ4v) is 1.75. The molecule has 0 atom stereocenters. The average Bonchev–Trinajstić information content (AvgIpc) is 3.05. The van der Waals surface area contributed by atoms with Crippen molar-refractivity contribution in [3.05, 3.63) is 23.3 Å². The summed E-state index contributed by atoms with van der Waals surface area (Å²) in [6.07, 6.45) is -3.03. The SMILES string of the molecule is O=C(O)c1cc(C2CC2)nc2nc(C(F)(F)F)nn12. The van der Waals surface area contributed by atoms with E-state index in [0.29, 0.717) is 10.2 Å². The summed E-state index contributed by atoms with van der Waals surface area (Å²) in [5.74, 6) is -2.99. The van der Waals surface area contributed by atoms with Crippen LogP contribution >= 0.6 is 0 Å². The molecule has 19 heavy (non-hydrogen) atoms. The molecule has 3 rings (SSSR count). The summed E-state index contributed by atoms with van der Waals surface area (Å²) in [6, 6.07) is 1.25. The normalized spacial score (nSPS) is 15.9. The maximum atomic E-state index is 12.5. The van der Waals surface area contributed by atoms with Gasteiger partial charge in [-0.15, -0.1) is 5.10 Å². The number of carboxylic acids is 1. The van der Waals surface area contributed by atoms with Gasteiger partial charge in [-0.2, -0.15) is 22.7 Å². The van der Waals surface area contributed by atoms with Gasteiger partial charge in [-0.25, -0.2) is 9.78 Å². The number of hydrogen-bond acceptors (Lipinski definition) is 4. The van der Waals surface area contributed by atoms with Crippen molar-refractivity contribution < 1.29 is 23.1 Å². The first-order chi connectivity index (χ1) is 8.86. The highest BCUT2D eigenvalue weighted by Gasteiger charge is 2.37. The number of rotatable bonds is 2. The molecule has 2 aromatic rings. The number of fused-ring (bicyclic) bond motifs is 1. The molecule has 0 aromatic carbocycles. The van der Waals surface area contributed by atoms with E-state index in [1.165, 1.54) is 6.07 Å². The molecule has 1 saturated carbocycles. The largest absolute Gasteiger partial charge is 0.477 e. The molecule has 6 nitrogen and oxygen atoms in total. The van der Waals surface area contributed by atoms with Crippen LogP contribution in [0.25, 0.3) is 5.78 Å². The molecule has 0 bridgehead atoms. The molecule has 100 valence electrons. The Morgan fingerprint density at radius 1 is 1.37 bits per heavy atom. The van der Waals surface area contributed by atoms with Crippen LogP contribution < -0.4 is 0 Å². The van der Waals surface area contributed by atoms with E-state index in [-0.39, 0.29) is 17.4 Å². The number of hydrogen-bond donors (Lipinski definition) is 1. The van der Waals surface area contributed by atoms with Gasteiger partial charge in [0.25, 0.3) is 11.6 Å². The van der Waals surface area contributed by atoms with E-state index in [2.05, 4.69) is 15.1 Å². The number of alkyl halides is 3. The molecular formula is C10H7F3N4O2. The molecule has 0 aliphatic heterocycles. The van der Waals surface area contributed by atoms with Gasteiger partial charge >= 0.3 is 12.1 Å². The van der Waals surface area contributed by atoms with Gasteiger partial charge in [0, 0.05) is 11.6 Å². The minimum atomic E-state index is -4.73. The Morgan fingerprint density at radius 2 is 2.05 bits per heavy atom. The highest BCUT2D eigenvalue weighted by molar-refractivity contribution is 5.86. The topological polar surface area (TPSA) is 80.4 Å². The van der Waals surface area contributed by atoms with Gasteiger partial charge < -0.3 is 5.11 Å². The first kappa shape index (κ1) is 11.9. The smallest absolute Gasteiger partial charge is 0.453 e. The zero-order chi connectivity index (χ0) is 13.8. The predicted octanol–water partition coefficient (Wildman–Crippen LogP) is 1.72. The lowest BCUT2D eigenvalue weighted by atomic mass is 10.2. The van der Waals surface area contributed by atoms with Crippen molar-refractivity contribution in [1.29, 1.82) is 0 Å². The molecule has 0 radical (unpaired) electrons. The molecule has 0 spiro atoms. The van der Waals surface area contributed by atoms with Crippen LogP contribution in [0, 0.1) is 0 Å². The second-order valence-electron chi connectivity index (χ2n) is 4.29. The fourth-order valence-electron chi connectivity index (χ4n) is 1.75. The van der Waals surface area contributed by atoms with E-state index in [4.69, 9.17) is 5.11 Å². The van der Waals surface area contributed by atoms with E-state index < -0.39 is 18.0 Å². The third-order valence-corrected chi connectivity index (χ3v) is 2.80. The molecule has 2 aromatic heterocycles. The van der Waals surface area contributed by atoms with Crippen molar-refractivity contribution in [1.82, 2.24) is 19.6 Å². The third kappa shape index (κ3) is 2.00. The van der Waals surface area contributed by atoms with Crippen molar-refractivity contribution in [2.24, 2.45) is 0 Å². The average molecular weight is 272 g/mol. The van der Waals surface area contributed by atoms with E-state index in [1.54, 1.807) is 0 Å². The van der Waals surface area contributed by atoms with Crippen molar-refractivity contribution >= 4 is 11.7 Å². The summed E-state index contributed by atoms with van der Waals surface area (Å²) < 4.78 is 38.2. The number of carboxylic acid groups (broad SMARTS) is 1. The van der Waals surface area contributed by atoms with Gasteiger partial charge in [-0.1, -0.05) is 0 Å². The summed E-state index contributed by atoms with van der Waals surface area (Å²) in [7, 11) is 0. The fraction of sp³-hybridized carbons (Fsp3) is 0.400. The van der Waals surface area contributed by atoms with Gasteiger partial charge in [-0.05, 0) is 18.9 Å². The van der Waals surface area contributed by atoms with Gasteiger partial charge in [-0.3, -0.25) is 0 Å². The molecule has 2 heterocycles. The van der Waals surface area contributed by atoms with Crippen LogP contribution in [0.15, 0.2) is 6.07 Å². The van der Waals surface area contributed by atoms with Crippen LogP contribution in [-0.4, -0.2) is 30.7 Å². The first-order valence-electron chi connectivity index (χ1n) is 5.44. The number of aromatic nitrogens is 4. The molecule has 0 unspecified atom stereocenters. The Kier molecular flexibility index (Phi) is 2.28. The number of aromatic carboxylic acids is 1. The number of nitrogens with zero attached hydrogens (tertiary/aromatic N) is 4. The van der Waals surface area contributed by atoms with E-state index >= 15 is 0 Å². The monoisotopic (exact) mass is 272 g/mol. The van der Waals surface area contributed by atoms with Crippen LogP contribution in [-0.2, 0) is 6.18 Å². The second kappa shape index (κ2) is 3.65. The Hall–Kier alpha value is -2.19. The van der Waals surface area contributed by atoms with Crippen molar-refractivity contribution in [2.75, 3.05) is 0 Å². The second-order valence-corrected chi connectivity index (χ2v) is 4.29. The maximum Gasteiger partial charge on any atom is 0.453 e. The minimum absolute atomic E-state index is 0.106. The van der Waals surface area contributed by atoms with Crippen LogP contribution in [0.1, 0.15) is 40.8 Å². The predicted molar refractivity (Wildman–Crippen MR) is 54.7 cm³/mol. The summed E-state index contributed by atoms with van der Waals surface area (Å²) >= 11 is 0. The summed E-state index contributed by atoms with van der Waals surface area (Å²) in [6.45, 7) is 0. The lowest BCUT2D eigenvalue weighted by molar-refractivity contribution is -0.144. The van der Waals surface area contributed by atoms with E-state index in [1.807, 2.05) is 0 Å². The number of halogens is 3. The maximum absolute atomic E-state index is 12.5. The quantitative estimate of drug-likeness (QED) is 0.900. The summed E-state index contributed by atoms with van der Waals surface area (Å²) in [4.78, 5) is 18.3. The van der Waals surface area contributed by atoms with Crippen molar-refractivity contribution in [3.63, 3.8) is 0 Å². The lowest BCUT2D eigenvalue weighted by Crippen LogP contribution is -2.11. The zero-order valence-electron chi connectivity index (χ0n) is 9.35. The lowest BCUT2D eigenvalue weighted by Gasteiger charge is -2.01. The standard InChI is InChI=1S/C10H7F3N4O2/c11-10(12,13)8-15-9-14-5(4-1-2-4)3-6(7(18)19)17(9)16-8/h3-4H,1-2H2,(H,18,19). The summed E-state index contributed by atoms with van der Waals surface area (Å²) in [5.41, 5.74) is 0.0842. The van der Waals surface area contributed by atoms with E-state index in [9.17, 15) is 18.0 Å². The number of carbonyl (C=O) groups is 1. The van der Waals surface area contributed by atoms with Gasteiger partial charge in [0.05, 0.1) is 0 Å².